The third-order valence-corrected chi connectivity index (χ3v) is 6.36. The van der Waals surface area contributed by atoms with E-state index in [2.05, 4.69) is 26.2 Å². The number of aromatic nitrogens is 2. The topological polar surface area (TPSA) is 47.9 Å². The van der Waals surface area contributed by atoms with Crippen molar-refractivity contribution in [3.05, 3.63) is 39.3 Å². The van der Waals surface area contributed by atoms with Crippen molar-refractivity contribution in [3.63, 3.8) is 0 Å². The summed E-state index contributed by atoms with van der Waals surface area (Å²) in [4.78, 5) is 22.6. The highest BCUT2D eigenvalue weighted by atomic mass is 127. The molecule has 0 aromatic carbocycles. The van der Waals surface area contributed by atoms with Crippen molar-refractivity contribution in [3.8, 4) is 0 Å². The fourth-order valence-electron chi connectivity index (χ4n) is 4.07. The number of thiophene rings is 1. The average molecular weight is 482 g/mol. The van der Waals surface area contributed by atoms with Gasteiger partial charge in [0.15, 0.2) is 5.96 Å². The molecule has 5 rings (SSSR count). The van der Waals surface area contributed by atoms with Gasteiger partial charge in [0.25, 0.3) is 0 Å². The van der Waals surface area contributed by atoms with Gasteiger partial charge in [0, 0.05) is 56.8 Å². The smallest absolute Gasteiger partial charge is 0.225 e. The molecule has 0 aliphatic carbocycles. The lowest BCUT2D eigenvalue weighted by molar-refractivity contribution is 0.271. The number of anilines is 1. The van der Waals surface area contributed by atoms with Crippen molar-refractivity contribution in [2.24, 2.45) is 4.99 Å². The Morgan fingerprint density at radius 2 is 2.12 bits per heavy atom. The van der Waals surface area contributed by atoms with E-state index in [-0.39, 0.29) is 24.0 Å². The lowest BCUT2D eigenvalue weighted by atomic mass is 10.0. The molecule has 3 aliphatic rings. The van der Waals surface area contributed by atoms with Gasteiger partial charge in [-0.25, -0.2) is 9.97 Å². The van der Waals surface area contributed by atoms with Gasteiger partial charge in [-0.3, -0.25) is 4.99 Å². The van der Waals surface area contributed by atoms with Gasteiger partial charge in [-0.05, 0) is 23.4 Å². The fraction of sp³-hybridized carbons (Fsp3) is 0.500. The Balaban J connectivity index is 0.00000168. The molecule has 5 heterocycles. The van der Waals surface area contributed by atoms with Gasteiger partial charge in [-0.2, -0.15) is 0 Å². The molecule has 0 radical (unpaired) electrons. The van der Waals surface area contributed by atoms with Crippen LogP contribution >= 0.6 is 35.3 Å². The van der Waals surface area contributed by atoms with Crippen LogP contribution < -0.4 is 4.90 Å². The van der Waals surface area contributed by atoms with E-state index in [4.69, 9.17) is 9.98 Å². The van der Waals surface area contributed by atoms with Gasteiger partial charge in [-0.15, -0.1) is 35.3 Å². The zero-order chi connectivity index (χ0) is 17.0. The van der Waals surface area contributed by atoms with Crippen molar-refractivity contribution in [1.29, 1.82) is 0 Å². The van der Waals surface area contributed by atoms with Crippen molar-refractivity contribution < 1.29 is 0 Å². The molecule has 1 atom stereocenters. The molecule has 26 heavy (non-hydrogen) atoms. The Hall–Kier alpha value is -1.42. The molecule has 2 aromatic heterocycles. The van der Waals surface area contributed by atoms with Gasteiger partial charge < -0.3 is 14.7 Å². The standard InChI is InChI=1S/C18H22N6S.HI/c1-22(2)17-19-9-12-11-23(6-3-14(12)21-17)18-20-10-15-13-5-8-25-16(13)4-7-24(15)18;/h5,8-9,15H,3-4,6-7,10-11H2,1-2H3;1H. The van der Waals surface area contributed by atoms with Crippen LogP contribution in [0.2, 0.25) is 0 Å². The first-order valence-electron chi connectivity index (χ1n) is 8.85. The normalized spacial score (nSPS) is 20.7. The molecule has 8 heteroatoms. The summed E-state index contributed by atoms with van der Waals surface area (Å²) in [6.45, 7) is 3.81. The highest BCUT2D eigenvalue weighted by Crippen LogP contribution is 2.37. The maximum Gasteiger partial charge on any atom is 0.225 e. The van der Waals surface area contributed by atoms with E-state index in [1.54, 1.807) is 4.88 Å². The van der Waals surface area contributed by atoms with Crippen LogP contribution in [-0.2, 0) is 19.4 Å². The largest absolute Gasteiger partial charge is 0.347 e. The summed E-state index contributed by atoms with van der Waals surface area (Å²) < 4.78 is 0. The van der Waals surface area contributed by atoms with Crippen LogP contribution in [0.25, 0.3) is 0 Å². The van der Waals surface area contributed by atoms with Gasteiger partial charge in [-0.1, -0.05) is 0 Å². The van der Waals surface area contributed by atoms with Crippen molar-refractivity contribution >= 4 is 47.2 Å². The predicted octanol–water partition coefficient (Wildman–Crippen LogP) is 2.55. The van der Waals surface area contributed by atoms with Crippen molar-refractivity contribution in [1.82, 2.24) is 19.8 Å². The second-order valence-corrected chi connectivity index (χ2v) is 8.11. The van der Waals surface area contributed by atoms with Crippen LogP contribution in [0.5, 0.6) is 0 Å². The zero-order valence-electron chi connectivity index (χ0n) is 15.1. The van der Waals surface area contributed by atoms with E-state index in [1.165, 1.54) is 22.8 Å². The molecule has 6 nitrogen and oxygen atoms in total. The highest BCUT2D eigenvalue weighted by Gasteiger charge is 2.37. The second-order valence-electron chi connectivity index (χ2n) is 7.11. The monoisotopic (exact) mass is 482 g/mol. The van der Waals surface area contributed by atoms with Crippen LogP contribution in [0.15, 0.2) is 22.6 Å². The second kappa shape index (κ2) is 6.95. The number of hydrogen-bond acceptors (Lipinski definition) is 7. The summed E-state index contributed by atoms with van der Waals surface area (Å²) in [5.41, 5.74) is 3.91. The lowest BCUT2D eigenvalue weighted by Crippen LogP contribution is -2.47. The Morgan fingerprint density at radius 3 is 2.96 bits per heavy atom. The molecule has 138 valence electrons. The molecule has 0 spiro atoms. The first-order chi connectivity index (χ1) is 12.2. The number of halogens is 1. The van der Waals surface area contributed by atoms with Crippen LogP contribution in [0.4, 0.5) is 5.95 Å². The van der Waals surface area contributed by atoms with Crippen LogP contribution in [0, 0.1) is 0 Å². The van der Waals surface area contributed by atoms with E-state index >= 15 is 0 Å². The summed E-state index contributed by atoms with van der Waals surface area (Å²) in [5, 5.41) is 2.23. The minimum absolute atomic E-state index is 0. The van der Waals surface area contributed by atoms with Gasteiger partial charge >= 0.3 is 0 Å². The molecular weight excluding hydrogens is 459 g/mol. The van der Waals surface area contributed by atoms with E-state index in [1.807, 2.05) is 36.5 Å². The van der Waals surface area contributed by atoms with Crippen LogP contribution in [0.3, 0.4) is 0 Å². The number of nitrogens with zero attached hydrogens (tertiary/aromatic N) is 6. The highest BCUT2D eigenvalue weighted by molar-refractivity contribution is 14.0. The molecule has 2 aromatic rings. The third-order valence-electron chi connectivity index (χ3n) is 5.36. The quantitative estimate of drug-likeness (QED) is 0.585. The van der Waals surface area contributed by atoms with Crippen molar-refractivity contribution in [2.45, 2.75) is 25.4 Å². The van der Waals surface area contributed by atoms with E-state index in [9.17, 15) is 0 Å². The van der Waals surface area contributed by atoms with E-state index in [0.717, 1.165) is 45.0 Å². The summed E-state index contributed by atoms with van der Waals surface area (Å²) in [6.07, 6.45) is 4.09. The predicted molar refractivity (Wildman–Crippen MR) is 116 cm³/mol. The van der Waals surface area contributed by atoms with Crippen molar-refractivity contribution in [2.75, 3.05) is 38.6 Å². The lowest BCUT2D eigenvalue weighted by Gasteiger charge is -2.38. The molecular formula is C18H23IN6S. The SMILES string of the molecule is CN(C)c1ncc2c(n1)CCN(C1=NCC3c4ccsc4CCN13)C2.I. The average Bonchev–Trinajstić information content (AvgIpc) is 3.26. The molecule has 0 saturated carbocycles. The summed E-state index contributed by atoms with van der Waals surface area (Å²) >= 11 is 1.89. The molecule has 0 N–H and O–H groups in total. The molecule has 0 amide bonds. The fourth-order valence-corrected chi connectivity index (χ4v) is 4.99. The Labute approximate surface area is 175 Å². The molecule has 3 aliphatic heterocycles. The summed E-state index contributed by atoms with van der Waals surface area (Å²) in [5.74, 6) is 1.97. The van der Waals surface area contributed by atoms with E-state index in [0.29, 0.717) is 6.04 Å². The van der Waals surface area contributed by atoms with Crippen LogP contribution in [-0.4, -0.2) is 59.5 Å². The number of rotatable bonds is 1. The molecule has 0 bridgehead atoms. The maximum atomic E-state index is 4.93. The third kappa shape index (κ3) is 2.87. The molecule has 0 fully saturated rings. The number of guanidine groups is 1. The number of hydrogen-bond donors (Lipinski definition) is 0. The Morgan fingerprint density at radius 1 is 1.23 bits per heavy atom. The zero-order valence-corrected chi connectivity index (χ0v) is 18.2. The number of aliphatic imine (C=N–C) groups is 1. The van der Waals surface area contributed by atoms with Gasteiger partial charge in [0.2, 0.25) is 5.95 Å². The molecule has 1 unspecified atom stereocenters. The number of fused-ring (bicyclic) bond motifs is 4. The van der Waals surface area contributed by atoms with E-state index < -0.39 is 0 Å². The maximum absolute atomic E-state index is 4.93. The minimum atomic E-state index is 0. The Kier molecular flexibility index (Phi) is 4.81. The Bertz CT molecular complexity index is 848. The first-order valence-corrected chi connectivity index (χ1v) is 9.73. The minimum Gasteiger partial charge on any atom is -0.347 e. The first kappa shape index (κ1) is 18.0. The summed E-state index contributed by atoms with van der Waals surface area (Å²) in [7, 11) is 3.97. The van der Waals surface area contributed by atoms with Gasteiger partial charge in [0.05, 0.1) is 18.3 Å². The van der Waals surface area contributed by atoms with Gasteiger partial charge in [0.1, 0.15) is 0 Å². The summed E-state index contributed by atoms with van der Waals surface area (Å²) in [6, 6.07) is 2.73. The molecule has 0 saturated heterocycles. The van der Waals surface area contributed by atoms with Crippen LogP contribution in [0.1, 0.15) is 27.7 Å².